The molecule has 0 bridgehead atoms. The maximum atomic E-state index is 12.2. The van der Waals surface area contributed by atoms with Crippen molar-refractivity contribution in [2.45, 2.75) is 90.1 Å². The number of carboxylic acids is 1. The third-order valence-electron chi connectivity index (χ3n) is 4.31. The van der Waals surface area contributed by atoms with Crippen LogP contribution in [0.2, 0.25) is 0 Å². The molecule has 0 aliphatic rings. The largest absolute Gasteiger partial charge is 0.481 e. The summed E-state index contributed by atoms with van der Waals surface area (Å²) >= 11 is 0. The number of esters is 1. The first-order chi connectivity index (χ1) is 12.0. The van der Waals surface area contributed by atoms with E-state index in [1.807, 2.05) is 0 Å². The second-order valence-electron chi connectivity index (χ2n) is 6.71. The maximum absolute atomic E-state index is 12.2. The van der Waals surface area contributed by atoms with Crippen molar-refractivity contribution in [1.29, 1.82) is 0 Å². The van der Waals surface area contributed by atoms with Gasteiger partial charge in [-0.15, -0.1) is 0 Å². The van der Waals surface area contributed by atoms with Gasteiger partial charge >= 0.3 is 11.9 Å². The van der Waals surface area contributed by atoms with E-state index in [1.165, 1.54) is 25.7 Å². The van der Waals surface area contributed by atoms with E-state index in [0.29, 0.717) is 12.8 Å². The third-order valence-corrected chi connectivity index (χ3v) is 4.31. The predicted octanol–water partition coefficient (Wildman–Crippen LogP) is 3.28. The average molecular weight is 360 g/mol. The van der Waals surface area contributed by atoms with Crippen LogP contribution in [0.1, 0.15) is 84.0 Å². The molecular weight excluding hydrogens is 324 g/mol. The highest BCUT2D eigenvalue weighted by Crippen LogP contribution is 2.20. The Bertz CT molecular complexity index is 345. The second kappa shape index (κ2) is 16.3. The SMILES string of the molecule is CCCCCCCCC(CCCCCC(=O)O)C(=O)OCC(O)CO. The lowest BCUT2D eigenvalue weighted by atomic mass is 9.94. The molecule has 2 atom stereocenters. The summed E-state index contributed by atoms with van der Waals surface area (Å²) in [6.07, 6.45) is 9.71. The third kappa shape index (κ3) is 14.9. The van der Waals surface area contributed by atoms with Gasteiger partial charge in [0.05, 0.1) is 12.5 Å². The molecule has 0 saturated carbocycles. The number of aliphatic hydroxyl groups excluding tert-OH is 2. The van der Waals surface area contributed by atoms with E-state index >= 15 is 0 Å². The lowest BCUT2D eigenvalue weighted by Gasteiger charge is -2.17. The van der Waals surface area contributed by atoms with E-state index in [2.05, 4.69) is 6.92 Å². The number of carboxylic acid groups (broad SMARTS) is 1. The highest BCUT2D eigenvalue weighted by Gasteiger charge is 2.20. The number of carbonyl (C=O) groups is 2. The Morgan fingerprint density at radius 2 is 1.48 bits per heavy atom. The van der Waals surface area contributed by atoms with Gasteiger partial charge in [0.25, 0.3) is 0 Å². The Labute approximate surface area is 151 Å². The van der Waals surface area contributed by atoms with Crippen LogP contribution in [0.4, 0.5) is 0 Å². The van der Waals surface area contributed by atoms with Gasteiger partial charge in [-0.2, -0.15) is 0 Å². The van der Waals surface area contributed by atoms with Crippen LogP contribution in [0.5, 0.6) is 0 Å². The van der Waals surface area contributed by atoms with Crippen molar-refractivity contribution in [3.8, 4) is 0 Å². The number of aliphatic carboxylic acids is 1. The summed E-state index contributed by atoms with van der Waals surface area (Å²) in [4.78, 5) is 22.7. The Balaban J connectivity index is 4.15. The zero-order chi connectivity index (χ0) is 18.9. The van der Waals surface area contributed by atoms with Gasteiger partial charge in [0.1, 0.15) is 12.7 Å². The minimum absolute atomic E-state index is 0.162. The lowest BCUT2D eigenvalue weighted by Crippen LogP contribution is -2.25. The van der Waals surface area contributed by atoms with Crippen molar-refractivity contribution >= 4 is 11.9 Å². The molecule has 0 saturated heterocycles. The Kier molecular flexibility index (Phi) is 15.6. The van der Waals surface area contributed by atoms with E-state index < -0.39 is 18.7 Å². The van der Waals surface area contributed by atoms with Crippen LogP contribution >= 0.6 is 0 Å². The molecular formula is C19H36O6. The molecule has 3 N–H and O–H groups in total. The molecule has 0 aromatic rings. The van der Waals surface area contributed by atoms with Crippen molar-refractivity contribution in [3.63, 3.8) is 0 Å². The van der Waals surface area contributed by atoms with E-state index in [9.17, 15) is 14.7 Å². The molecule has 0 aromatic carbocycles. The Morgan fingerprint density at radius 3 is 2.04 bits per heavy atom. The Hall–Kier alpha value is -1.14. The summed E-state index contributed by atoms with van der Waals surface area (Å²) in [6, 6.07) is 0. The van der Waals surface area contributed by atoms with E-state index in [4.69, 9.17) is 14.9 Å². The molecule has 0 fully saturated rings. The van der Waals surface area contributed by atoms with Gasteiger partial charge in [0.15, 0.2) is 0 Å². The van der Waals surface area contributed by atoms with Crippen LogP contribution in [-0.2, 0) is 14.3 Å². The lowest BCUT2D eigenvalue weighted by molar-refractivity contribution is -0.153. The molecule has 0 amide bonds. The normalized spacial score (nSPS) is 13.4. The number of hydrogen-bond donors (Lipinski definition) is 3. The number of carbonyl (C=O) groups excluding carboxylic acids is 1. The van der Waals surface area contributed by atoms with E-state index in [1.54, 1.807) is 0 Å². The van der Waals surface area contributed by atoms with Gasteiger partial charge < -0.3 is 20.1 Å². The standard InChI is InChI=1S/C19H36O6/c1-2-3-4-5-6-8-11-16(12-9-7-10-13-18(22)23)19(24)25-15-17(21)14-20/h16-17,20-21H,2-15H2,1H3,(H,22,23). The molecule has 0 radical (unpaired) electrons. The summed E-state index contributed by atoms with van der Waals surface area (Å²) < 4.78 is 5.10. The predicted molar refractivity (Wildman–Crippen MR) is 96.3 cm³/mol. The summed E-state index contributed by atoms with van der Waals surface area (Å²) in [6.45, 7) is 1.57. The van der Waals surface area contributed by atoms with Crippen LogP contribution in [0.25, 0.3) is 0 Å². The van der Waals surface area contributed by atoms with Crippen molar-refractivity contribution in [2.24, 2.45) is 5.92 Å². The molecule has 25 heavy (non-hydrogen) atoms. The molecule has 2 unspecified atom stereocenters. The van der Waals surface area contributed by atoms with E-state index in [-0.39, 0.29) is 24.9 Å². The van der Waals surface area contributed by atoms with Crippen LogP contribution in [0.15, 0.2) is 0 Å². The molecule has 0 aromatic heterocycles. The monoisotopic (exact) mass is 360 g/mol. The topological polar surface area (TPSA) is 104 Å². The first kappa shape index (κ1) is 23.9. The van der Waals surface area contributed by atoms with Gasteiger partial charge in [0, 0.05) is 6.42 Å². The molecule has 0 rings (SSSR count). The van der Waals surface area contributed by atoms with Crippen LogP contribution in [0.3, 0.4) is 0 Å². The first-order valence-electron chi connectivity index (χ1n) is 9.68. The van der Waals surface area contributed by atoms with Gasteiger partial charge in [-0.05, 0) is 19.3 Å². The molecule has 0 heterocycles. The van der Waals surface area contributed by atoms with Crippen molar-refractivity contribution in [2.75, 3.05) is 13.2 Å². The maximum Gasteiger partial charge on any atom is 0.309 e. The fraction of sp³-hybridized carbons (Fsp3) is 0.895. The van der Waals surface area contributed by atoms with Crippen molar-refractivity contribution < 1.29 is 29.6 Å². The fourth-order valence-corrected chi connectivity index (χ4v) is 2.74. The van der Waals surface area contributed by atoms with Gasteiger partial charge in [0.2, 0.25) is 0 Å². The fourth-order valence-electron chi connectivity index (χ4n) is 2.74. The zero-order valence-electron chi connectivity index (χ0n) is 15.6. The van der Waals surface area contributed by atoms with Crippen LogP contribution in [-0.4, -0.2) is 46.6 Å². The smallest absolute Gasteiger partial charge is 0.309 e. The molecule has 6 heteroatoms. The first-order valence-corrected chi connectivity index (χ1v) is 9.68. The molecule has 0 aliphatic heterocycles. The highest BCUT2D eigenvalue weighted by atomic mass is 16.5. The molecule has 6 nitrogen and oxygen atoms in total. The minimum atomic E-state index is -1.03. The van der Waals surface area contributed by atoms with Crippen molar-refractivity contribution in [1.82, 2.24) is 0 Å². The Morgan fingerprint density at radius 1 is 0.920 bits per heavy atom. The van der Waals surface area contributed by atoms with Crippen molar-refractivity contribution in [3.05, 3.63) is 0 Å². The summed E-state index contributed by atoms with van der Waals surface area (Å²) in [5.74, 6) is -1.32. The number of aliphatic hydroxyl groups is 2. The second-order valence-corrected chi connectivity index (χ2v) is 6.71. The summed E-state index contributed by atoms with van der Waals surface area (Å²) in [5, 5.41) is 26.7. The summed E-state index contributed by atoms with van der Waals surface area (Å²) in [5.41, 5.74) is 0. The number of ether oxygens (including phenoxy) is 1. The van der Waals surface area contributed by atoms with Gasteiger partial charge in [-0.1, -0.05) is 58.3 Å². The molecule has 0 aliphatic carbocycles. The minimum Gasteiger partial charge on any atom is -0.481 e. The van der Waals surface area contributed by atoms with Gasteiger partial charge in [-0.3, -0.25) is 9.59 Å². The van der Waals surface area contributed by atoms with Gasteiger partial charge in [-0.25, -0.2) is 0 Å². The number of hydrogen-bond acceptors (Lipinski definition) is 5. The van der Waals surface area contributed by atoms with E-state index in [0.717, 1.165) is 32.1 Å². The summed E-state index contributed by atoms with van der Waals surface area (Å²) in [7, 11) is 0. The van der Waals surface area contributed by atoms with Crippen LogP contribution in [0, 0.1) is 5.92 Å². The van der Waals surface area contributed by atoms with Crippen LogP contribution < -0.4 is 0 Å². The number of rotatable bonds is 17. The number of unbranched alkanes of at least 4 members (excludes halogenated alkanes) is 7. The highest BCUT2D eigenvalue weighted by molar-refractivity contribution is 5.72. The quantitative estimate of drug-likeness (QED) is 0.272. The molecule has 0 spiro atoms. The molecule has 148 valence electrons. The average Bonchev–Trinajstić information content (AvgIpc) is 2.59. The zero-order valence-corrected chi connectivity index (χ0v) is 15.6.